The average Bonchev–Trinajstić information content (AvgIpc) is 2.89. The van der Waals surface area contributed by atoms with E-state index in [0.29, 0.717) is 29.2 Å². The number of unbranched alkanes of at least 4 members (excludes halogenated alkanes) is 1. The van der Waals surface area contributed by atoms with Crippen LogP contribution in [0.25, 0.3) is 0 Å². The summed E-state index contributed by atoms with van der Waals surface area (Å²) in [6, 6.07) is 18.9. The molecular weight excluding hydrogens is 528 g/mol. The second kappa shape index (κ2) is 13.9. The number of carbonyl (C=O) groups is 2. The number of rotatable bonds is 12. The zero-order chi connectivity index (χ0) is 25.8. The number of nitrogens with zero attached hydrogens (tertiary/aromatic N) is 1. The molecule has 0 saturated carbocycles. The Kier molecular flexibility index (Phi) is 10.3. The van der Waals surface area contributed by atoms with E-state index in [1.807, 2.05) is 6.07 Å². The van der Waals surface area contributed by atoms with Crippen LogP contribution in [0.3, 0.4) is 0 Å². The highest BCUT2D eigenvalue weighted by molar-refractivity contribution is 9.10. The van der Waals surface area contributed by atoms with Gasteiger partial charge in [0.05, 0.1) is 25.5 Å². The molecule has 0 bridgehead atoms. The molecule has 8 nitrogen and oxygen atoms in total. The lowest BCUT2D eigenvalue weighted by Gasteiger charge is -2.10. The predicted octanol–water partition coefficient (Wildman–Crippen LogP) is 5.38. The molecule has 0 aliphatic rings. The van der Waals surface area contributed by atoms with E-state index >= 15 is 0 Å². The second-order valence-corrected chi connectivity index (χ2v) is 8.48. The molecule has 0 aliphatic carbocycles. The summed E-state index contributed by atoms with van der Waals surface area (Å²) in [5.74, 6) is 0.991. The molecule has 188 valence electrons. The first-order valence-corrected chi connectivity index (χ1v) is 12.1. The maximum absolute atomic E-state index is 12.4. The third-order valence-corrected chi connectivity index (χ3v) is 5.31. The van der Waals surface area contributed by atoms with Gasteiger partial charge < -0.3 is 18.9 Å². The summed E-state index contributed by atoms with van der Waals surface area (Å²) >= 11 is 3.33. The zero-order valence-electron chi connectivity index (χ0n) is 20.0. The molecule has 0 atom stereocenters. The van der Waals surface area contributed by atoms with Crippen LogP contribution >= 0.6 is 15.9 Å². The Balaban J connectivity index is 1.49. The van der Waals surface area contributed by atoms with E-state index in [9.17, 15) is 9.59 Å². The molecule has 9 heteroatoms. The van der Waals surface area contributed by atoms with Crippen molar-refractivity contribution in [2.24, 2.45) is 5.10 Å². The minimum Gasteiger partial charge on any atom is -0.494 e. The molecule has 0 spiro atoms. The number of halogens is 1. The lowest BCUT2D eigenvalue weighted by Crippen LogP contribution is -2.24. The molecule has 3 aromatic carbocycles. The van der Waals surface area contributed by atoms with Crippen molar-refractivity contribution >= 4 is 34.0 Å². The lowest BCUT2D eigenvalue weighted by atomic mass is 10.2. The lowest BCUT2D eigenvalue weighted by molar-refractivity contribution is -0.123. The van der Waals surface area contributed by atoms with Crippen LogP contribution in [0.1, 0.15) is 35.7 Å². The van der Waals surface area contributed by atoms with Gasteiger partial charge in [0.1, 0.15) is 11.5 Å². The molecule has 3 aromatic rings. The average molecular weight is 555 g/mol. The van der Waals surface area contributed by atoms with Crippen LogP contribution in [0.2, 0.25) is 0 Å². The fourth-order valence-corrected chi connectivity index (χ4v) is 3.35. The molecular formula is C27H27BrN2O6. The fourth-order valence-electron chi connectivity index (χ4n) is 2.95. The maximum atomic E-state index is 12.4. The number of methoxy groups -OCH3 is 1. The first-order chi connectivity index (χ1) is 17.5. The molecule has 0 radical (unpaired) electrons. The second-order valence-electron chi connectivity index (χ2n) is 7.57. The first-order valence-electron chi connectivity index (χ1n) is 11.3. The predicted molar refractivity (Wildman–Crippen MR) is 140 cm³/mol. The number of amides is 1. The Hall–Kier alpha value is -3.85. The Bertz CT molecular complexity index is 1200. The minimum atomic E-state index is -0.512. The summed E-state index contributed by atoms with van der Waals surface area (Å²) in [4.78, 5) is 24.5. The number of benzene rings is 3. The fraction of sp³-hybridized carbons (Fsp3) is 0.222. The standard InChI is InChI=1S/C27H27BrN2O6/c1-3-4-14-34-22-9-11-23(12-10-22)35-18-26(31)30-29-17-19-8-13-24(25(15-19)33-2)36-27(32)20-6-5-7-21(28)16-20/h5-13,15-17H,3-4,14,18H2,1-2H3,(H,30,31)/b29-17+. The molecule has 36 heavy (non-hydrogen) atoms. The van der Waals surface area contributed by atoms with Crippen LogP contribution in [0.5, 0.6) is 23.0 Å². The van der Waals surface area contributed by atoms with E-state index in [1.165, 1.54) is 13.3 Å². The van der Waals surface area contributed by atoms with Crippen molar-refractivity contribution in [1.82, 2.24) is 5.43 Å². The smallest absolute Gasteiger partial charge is 0.343 e. The number of ether oxygens (including phenoxy) is 4. The highest BCUT2D eigenvalue weighted by Gasteiger charge is 2.13. The van der Waals surface area contributed by atoms with Crippen LogP contribution in [-0.2, 0) is 4.79 Å². The van der Waals surface area contributed by atoms with Gasteiger partial charge in [-0.05, 0) is 72.6 Å². The number of hydrogen-bond acceptors (Lipinski definition) is 7. The van der Waals surface area contributed by atoms with E-state index < -0.39 is 11.9 Å². The highest BCUT2D eigenvalue weighted by atomic mass is 79.9. The van der Waals surface area contributed by atoms with Gasteiger partial charge in [0.25, 0.3) is 5.91 Å². The molecule has 0 heterocycles. The van der Waals surface area contributed by atoms with Crippen molar-refractivity contribution in [3.63, 3.8) is 0 Å². The van der Waals surface area contributed by atoms with Crippen molar-refractivity contribution in [2.75, 3.05) is 20.3 Å². The van der Waals surface area contributed by atoms with Crippen LogP contribution in [0, 0.1) is 0 Å². The molecule has 3 rings (SSSR count). The van der Waals surface area contributed by atoms with Crippen molar-refractivity contribution in [3.8, 4) is 23.0 Å². The van der Waals surface area contributed by atoms with Gasteiger partial charge in [-0.3, -0.25) is 4.79 Å². The number of hydrogen-bond donors (Lipinski definition) is 1. The number of esters is 1. The molecule has 0 saturated heterocycles. The van der Waals surface area contributed by atoms with Gasteiger partial charge in [0.2, 0.25) is 0 Å². The van der Waals surface area contributed by atoms with Crippen LogP contribution in [0.4, 0.5) is 0 Å². The Morgan fingerprint density at radius 2 is 1.72 bits per heavy atom. The van der Waals surface area contributed by atoms with Gasteiger partial charge in [-0.15, -0.1) is 0 Å². The van der Waals surface area contributed by atoms with Gasteiger partial charge in [0, 0.05) is 4.47 Å². The molecule has 0 fully saturated rings. The summed E-state index contributed by atoms with van der Waals surface area (Å²) in [5, 5.41) is 3.94. The van der Waals surface area contributed by atoms with E-state index in [0.717, 1.165) is 23.1 Å². The number of carbonyl (C=O) groups excluding carboxylic acids is 2. The highest BCUT2D eigenvalue weighted by Crippen LogP contribution is 2.28. The minimum absolute atomic E-state index is 0.193. The number of nitrogens with one attached hydrogen (secondary N) is 1. The van der Waals surface area contributed by atoms with Gasteiger partial charge in [0.15, 0.2) is 18.1 Å². The Morgan fingerprint density at radius 3 is 2.42 bits per heavy atom. The quantitative estimate of drug-likeness (QED) is 0.106. The van der Waals surface area contributed by atoms with Gasteiger partial charge in [-0.1, -0.05) is 35.3 Å². The summed E-state index contributed by atoms with van der Waals surface area (Å²) < 4.78 is 22.6. The van der Waals surface area contributed by atoms with Crippen molar-refractivity contribution < 1.29 is 28.5 Å². The molecule has 1 amide bonds. The third-order valence-electron chi connectivity index (χ3n) is 4.81. The van der Waals surface area contributed by atoms with Crippen LogP contribution in [-0.4, -0.2) is 38.4 Å². The van der Waals surface area contributed by atoms with E-state index in [4.69, 9.17) is 18.9 Å². The summed E-state index contributed by atoms with van der Waals surface area (Å²) in [5.41, 5.74) is 3.44. The Labute approximate surface area is 218 Å². The zero-order valence-corrected chi connectivity index (χ0v) is 21.6. The van der Waals surface area contributed by atoms with Crippen LogP contribution < -0.4 is 24.4 Å². The molecule has 1 N–H and O–H groups in total. The van der Waals surface area contributed by atoms with E-state index in [1.54, 1.807) is 60.7 Å². The molecule has 0 aromatic heterocycles. The summed E-state index contributed by atoms with van der Waals surface area (Å²) in [6.07, 6.45) is 3.51. The van der Waals surface area contributed by atoms with Crippen molar-refractivity contribution in [3.05, 3.63) is 82.3 Å². The largest absolute Gasteiger partial charge is 0.494 e. The molecule has 0 unspecified atom stereocenters. The number of hydrazone groups is 1. The summed E-state index contributed by atoms with van der Waals surface area (Å²) in [7, 11) is 1.47. The third kappa shape index (κ3) is 8.42. The maximum Gasteiger partial charge on any atom is 0.343 e. The Morgan fingerprint density at radius 1 is 0.972 bits per heavy atom. The molecule has 0 aliphatic heterocycles. The van der Waals surface area contributed by atoms with Crippen LogP contribution in [0.15, 0.2) is 76.3 Å². The van der Waals surface area contributed by atoms with Gasteiger partial charge >= 0.3 is 5.97 Å². The first kappa shape index (κ1) is 26.7. The van der Waals surface area contributed by atoms with Crippen molar-refractivity contribution in [2.45, 2.75) is 19.8 Å². The van der Waals surface area contributed by atoms with Gasteiger partial charge in [-0.25, -0.2) is 10.2 Å². The normalized spacial score (nSPS) is 10.6. The van der Waals surface area contributed by atoms with E-state index in [-0.39, 0.29) is 12.4 Å². The van der Waals surface area contributed by atoms with Crippen molar-refractivity contribution in [1.29, 1.82) is 0 Å². The SMILES string of the molecule is CCCCOc1ccc(OCC(=O)N/N=C/c2ccc(OC(=O)c3cccc(Br)c3)c(OC)c2)cc1. The van der Waals surface area contributed by atoms with E-state index in [2.05, 4.69) is 33.4 Å². The summed E-state index contributed by atoms with van der Waals surface area (Å²) in [6.45, 7) is 2.58. The topological polar surface area (TPSA) is 95.5 Å². The van der Waals surface area contributed by atoms with Gasteiger partial charge in [-0.2, -0.15) is 5.10 Å². The monoisotopic (exact) mass is 554 g/mol.